The van der Waals surface area contributed by atoms with Crippen LogP contribution in [-0.4, -0.2) is 23.5 Å². The maximum absolute atomic E-state index is 12.5. The molecule has 26 heavy (non-hydrogen) atoms. The van der Waals surface area contributed by atoms with Gasteiger partial charge in [-0.15, -0.1) is 0 Å². The summed E-state index contributed by atoms with van der Waals surface area (Å²) in [6.45, 7) is 5.75. The molecule has 2 amide bonds. The molecule has 0 saturated carbocycles. The minimum Gasteiger partial charge on any atom is -0.868 e. The van der Waals surface area contributed by atoms with Gasteiger partial charge in [0.2, 0.25) is 0 Å². The Balaban J connectivity index is 2.36. The zero-order chi connectivity index (χ0) is 19.4. The van der Waals surface area contributed by atoms with E-state index in [-0.39, 0.29) is 17.7 Å². The first-order chi connectivity index (χ1) is 12.2. The van der Waals surface area contributed by atoms with Gasteiger partial charge >= 0.3 is 12.0 Å². The van der Waals surface area contributed by atoms with Crippen LogP contribution in [0.4, 0.5) is 10.5 Å². The third kappa shape index (κ3) is 4.29. The number of urea groups is 1. The number of nitro groups is 1. The van der Waals surface area contributed by atoms with Crippen LogP contribution in [0.5, 0.6) is 5.75 Å². The molecule has 140 valence electrons. The Morgan fingerprint density at radius 2 is 2.08 bits per heavy atom. The minimum atomic E-state index is -0.949. The number of amides is 2. The lowest BCUT2D eigenvalue weighted by molar-refractivity contribution is -0.398. The van der Waals surface area contributed by atoms with Crippen molar-refractivity contribution in [1.82, 2.24) is 10.6 Å². The Morgan fingerprint density at radius 1 is 1.38 bits per heavy atom. The molecule has 0 fully saturated rings. The van der Waals surface area contributed by atoms with E-state index in [1.165, 1.54) is 6.07 Å². The molecule has 1 aliphatic rings. The van der Waals surface area contributed by atoms with Crippen LogP contribution >= 0.6 is 0 Å². The highest BCUT2D eigenvalue weighted by atomic mass is 16.6. The van der Waals surface area contributed by atoms with E-state index in [2.05, 4.69) is 10.6 Å². The van der Waals surface area contributed by atoms with Gasteiger partial charge in [-0.1, -0.05) is 26.0 Å². The van der Waals surface area contributed by atoms with Gasteiger partial charge in [0.15, 0.2) is 0 Å². The first-order valence-corrected chi connectivity index (χ1v) is 8.11. The smallest absolute Gasteiger partial charge is 0.338 e. The molecule has 0 spiro atoms. The van der Waals surface area contributed by atoms with Crippen molar-refractivity contribution in [3.8, 4) is 5.75 Å². The van der Waals surface area contributed by atoms with Crippen molar-refractivity contribution in [2.75, 3.05) is 6.61 Å². The molecule has 2 N–H and O–H groups in total. The predicted octanol–water partition coefficient (Wildman–Crippen LogP) is 1.89. The van der Waals surface area contributed by atoms with Gasteiger partial charge < -0.3 is 20.5 Å². The Hall–Kier alpha value is -3.10. The van der Waals surface area contributed by atoms with Crippen LogP contribution < -0.4 is 15.7 Å². The van der Waals surface area contributed by atoms with Crippen LogP contribution in [0.1, 0.15) is 38.8 Å². The molecule has 1 heterocycles. The summed E-state index contributed by atoms with van der Waals surface area (Å²) >= 11 is 0. The summed E-state index contributed by atoms with van der Waals surface area (Å²) < 4.78 is 5.27. The number of carbonyl (C=O) groups excluding carboxylic acids is 2. The van der Waals surface area contributed by atoms with Crippen molar-refractivity contribution >= 4 is 17.7 Å². The van der Waals surface area contributed by atoms with E-state index in [1.807, 2.05) is 13.8 Å². The molecule has 1 atom stereocenters. The van der Waals surface area contributed by atoms with Gasteiger partial charge in [0.05, 0.1) is 23.1 Å². The van der Waals surface area contributed by atoms with Crippen LogP contribution in [-0.2, 0) is 9.53 Å². The summed E-state index contributed by atoms with van der Waals surface area (Å²) in [6, 6.07) is 1.95. The second kappa shape index (κ2) is 7.85. The van der Waals surface area contributed by atoms with Gasteiger partial charge in [0, 0.05) is 11.8 Å². The summed E-state index contributed by atoms with van der Waals surface area (Å²) in [5.41, 5.74) is 0.0604. The van der Waals surface area contributed by atoms with Crippen molar-refractivity contribution in [2.45, 2.75) is 33.2 Å². The van der Waals surface area contributed by atoms with E-state index in [1.54, 1.807) is 6.92 Å². The van der Waals surface area contributed by atoms with Crippen molar-refractivity contribution in [1.29, 1.82) is 0 Å². The quantitative estimate of drug-likeness (QED) is 0.451. The fraction of sp³-hybridized carbons (Fsp3) is 0.412. The van der Waals surface area contributed by atoms with Gasteiger partial charge in [-0.2, -0.15) is 0 Å². The first-order valence-electron chi connectivity index (χ1n) is 8.11. The highest BCUT2D eigenvalue weighted by Crippen LogP contribution is 2.32. The number of carbonyl (C=O) groups is 2. The number of esters is 1. The number of nitro benzene ring substituents is 1. The van der Waals surface area contributed by atoms with E-state index in [0.29, 0.717) is 18.0 Å². The van der Waals surface area contributed by atoms with Crippen LogP contribution in [0.2, 0.25) is 0 Å². The number of benzene rings is 1. The Morgan fingerprint density at radius 3 is 2.69 bits per heavy atom. The van der Waals surface area contributed by atoms with Gasteiger partial charge in [-0.3, -0.25) is 10.1 Å². The zero-order valence-corrected chi connectivity index (χ0v) is 14.7. The summed E-state index contributed by atoms with van der Waals surface area (Å²) in [7, 11) is 0. The number of allylic oxidation sites excluding steroid dienone is 1. The highest BCUT2D eigenvalue weighted by Gasteiger charge is 2.33. The van der Waals surface area contributed by atoms with Gasteiger partial charge in [0.25, 0.3) is 5.69 Å². The molecule has 0 aliphatic carbocycles. The second-order valence-corrected chi connectivity index (χ2v) is 6.37. The van der Waals surface area contributed by atoms with Gasteiger partial charge in [-0.25, -0.2) is 9.59 Å². The molecule has 1 aliphatic heterocycles. The fourth-order valence-corrected chi connectivity index (χ4v) is 2.54. The molecule has 0 bridgehead atoms. The summed E-state index contributed by atoms with van der Waals surface area (Å²) in [5, 5.41) is 27.6. The Labute approximate surface area is 150 Å². The largest absolute Gasteiger partial charge is 0.868 e. The maximum atomic E-state index is 12.5. The third-order valence-electron chi connectivity index (χ3n) is 3.93. The molecule has 1 aromatic carbocycles. The topological polar surface area (TPSA) is 134 Å². The molecule has 9 nitrogen and oxygen atoms in total. The van der Waals surface area contributed by atoms with Crippen LogP contribution in [0, 0.1) is 16.0 Å². The van der Waals surface area contributed by atoms with E-state index in [4.69, 9.17) is 4.74 Å². The SMILES string of the molecule is CC1=C(C(=O)OCCC(C)C)C(c2ccc([O-])c([N+](=O)[O-])c2)NC(=O)N1. The molecule has 0 radical (unpaired) electrons. The van der Waals surface area contributed by atoms with Crippen molar-refractivity contribution in [2.24, 2.45) is 5.92 Å². The highest BCUT2D eigenvalue weighted by molar-refractivity contribution is 5.95. The summed E-state index contributed by atoms with van der Waals surface area (Å²) in [4.78, 5) is 34.5. The average Bonchev–Trinajstić information content (AvgIpc) is 2.53. The Kier molecular flexibility index (Phi) is 5.81. The van der Waals surface area contributed by atoms with E-state index in [9.17, 15) is 24.8 Å². The Bertz CT molecular complexity index is 772. The molecule has 1 aromatic rings. The predicted molar refractivity (Wildman–Crippen MR) is 90.1 cm³/mol. The number of ether oxygens (including phenoxy) is 1. The van der Waals surface area contributed by atoms with E-state index in [0.717, 1.165) is 12.1 Å². The van der Waals surface area contributed by atoms with E-state index >= 15 is 0 Å². The first kappa shape index (κ1) is 19.2. The third-order valence-corrected chi connectivity index (χ3v) is 3.93. The number of hydrogen-bond acceptors (Lipinski definition) is 6. The number of rotatable bonds is 6. The van der Waals surface area contributed by atoms with Gasteiger partial charge in [0.1, 0.15) is 0 Å². The zero-order valence-electron chi connectivity index (χ0n) is 14.7. The average molecular weight is 362 g/mol. The molecule has 9 heteroatoms. The molecule has 0 saturated heterocycles. The lowest BCUT2D eigenvalue weighted by atomic mass is 9.95. The number of hydrogen-bond donors (Lipinski definition) is 2. The van der Waals surface area contributed by atoms with Crippen LogP contribution in [0.25, 0.3) is 0 Å². The van der Waals surface area contributed by atoms with Crippen LogP contribution in [0.15, 0.2) is 29.5 Å². The fourth-order valence-electron chi connectivity index (χ4n) is 2.54. The van der Waals surface area contributed by atoms with Crippen molar-refractivity contribution < 1.29 is 24.4 Å². The normalized spacial score (nSPS) is 16.9. The molecule has 2 rings (SSSR count). The minimum absolute atomic E-state index is 0.140. The summed E-state index contributed by atoms with van der Waals surface area (Å²) in [5.74, 6) is -1.03. The lowest BCUT2D eigenvalue weighted by Gasteiger charge is -2.28. The molecular weight excluding hydrogens is 342 g/mol. The second-order valence-electron chi connectivity index (χ2n) is 6.37. The standard InChI is InChI=1S/C17H21N3O6/c1-9(2)6-7-26-16(22)14-10(3)18-17(23)19-15(14)11-4-5-13(21)12(8-11)20(24)25/h4-5,8-9,15,21H,6-7H2,1-3H3,(H2,18,19,23)/p-1. The molecule has 1 unspecified atom stereocenters. The molecular formula is C17H20N3O6-. The van der Waals surface area contributed by atoms with Crippen LogP contribution in [0.3, 0.4) is 0 Å². The lowest BCUT2D eigenvalue weighted by Crippen LogP contribution is -2.45. The van der Waals surface area contributed by atoms with Gasteiger partial charge in [-0.05, 0) is 30.6 Å². The van der Waals surface area contributed by atoms with E-state index < -0.39 is 34.4 Å². The number of nitrogens with zero attached hydrogens (tertiary/aromatic N) is 1. The maximum Gasteiger partial charge on any atom is 0.338 e. The monoisotopic (exact) mass is 362 g/mol. The number of nitrogens with one attached hydrogen (secondary N) is 2. The van der Waals surface area contributed by atoms with Crippen molar-refractivity contribution in [3.63, 3.8) is 0 Å². The summed E-state index contributed by atoms with van der Waals surface area (Å²) in [6.07, 6.45) is 0.679. The molecule has 0 aromatic heterocycles. The van der Waals surface area contributed by atoms with Crippen molar-refractivity contribution in [3.05, 3.63) is 45.1 Å².